The fraction of sp³-hybridized carbons (Fsp3) is 0.529. The van der Waals surface area contributed by atoms with E-state index in [-0.39, 0.29) is 30.6 Å². The fourth-order valence-corrected chi connectivity index (χ4v) is 3.52. The molecule has 132 valence electrons. The molecule has 1 saturated heterocycles. The number of fused-ring (bicyclic) bond motifs is 1. The summed E-state index contributed by atoms with van der Waals surface area (Å²) in [5.41, 5.74) is 1.14. The Labute approximate surface area is 147 Å². The maximum Gasteiger partial charge on any atom is 0.230 e. The van der Waals surface area contributed by atoms with Crippen molar-refractivity contribution in [2.24, 2.45) is 5.92 Å². The van der Waals surface area contributed by atoms with E-state index in [1.807, 2.05) is 11.9 Å². The van der Waals surface area contributed by atoms with Crippen molar-refractivity contribution in [2.45, 2.75) is 25.2 Å². The normalized spacial score (nSPS) is 20.8. The second-order valence-electron chi connectivity index (χ2n) is 6.36. The van der Waals surface area contributed by atoms with Gasteiger partial charge >= 0.3 is 0 Å². The number of likely N-dealkylation sites (tertiary alicyclic amines) is 1. The lowest BCUT2D eigenvalue weighted by Gasteiger charge is -2.35. The molecule has 1 aromatic carbocycles. The highest BCUT2D eigenvalue weighted by molar-refractivity contribution is 6.01. The van der Waals surface area contributed by atoms with Gasteiger partial charge in [-0.2, -0.15) is 0 Å². The van der Waals surface area contributed by atoms with Crippen LogP contribution in [0, 0.1) is 11.7 Å². The predicted octanol–water partition coefficient (Wildman–Crippen LogP) is 2.13. The molecule has 1 aromatic rings. The Hall–Kier alpha value is -1.66. The van der Waals surface area contributed by atoms with Crippen molar-refractivity contribution in [2.75, 3.05) is 32.0 Å². The number of hydrogen-bond acceptors (Lipinski definition) is 3. The highest BCUT2D eigenvalue weighted by Gasteiger charge is 2.34. The number of anilines is 1. The lowest BCUT2D eigenvalue weighted by molar-refractivity contribution is -0.136. The molecule has 0 spiro atoms. The van der Waals surface area contributed by atoms with Gasteiger partial charge < -0.3 is 15.5 Å². The van der Waals surface area contributed by atoms with Gasteiger partial charge in [-0.3, -0.25) is 9.59 Å². The molecule has 1 fully saturated rings. The van der Waals surface area contributed by atoms with E-state index >= 15 is 0 Å². The molecule has 2 aliphatic rings. The van der Waals surface area contributed by atoms with Crippen molar-refractivity contribution in [1.82, 2.24) is 10.2 Å². The molecule has 0 radical (unpaired) electrons. The van der Waals surface area contributed by atoms with E-state index in [9.17, 15) is 14.0 Å². The van der Waals surface area contributed by atoms with Gasteiger partial charge in [0.2, 0.25) is 11.8 Å². The van der Waals surface area contributed by atoms with Crippen LogP contribution in [0.25, 0.3) is 0 Å². The number of halogens is 2. The molecule has 2 amide bonds. The minimum Gasteiger partial charge on any atom is -0.342 e. The van der Waals surface area contributed by atoms with Crippen LogP contribution < -0.4 is 10.6 Å². The Bertz CT molecular complexity index is 618. The molecule has 2 aliphatic heterocycles. The van der Waals surface area contributed by atoms with Crippen LogP contribution >= 0.6 is 12.4 Å². The third-order valence-corrected chi connectivity index (χ3v) is 4.77. The Balaban J connectivity index is 0.00000208. The first-order chi connectivity index (χ1) is 11.1. The van der Waals surface area contributed by atoms with Crippen molar-refractivity contribution >= 4 is 29.9 Å². The van der Waals surface area contributed by atoms with Crippen LogP contribution in [0.15, 0.2) is 18.2 Å². The number of carbonyl (C=O) groups is 2. The summed E-state index contributed by atoms with van der Waals surface area (Å²) in [5.74, 6) is -0.563. The average molecular weight is 356 g/mol. The van der Waals surface area contributed by atoms with E-state index in [0.717, 1.165) is 32.5 Å². The van der Waals surface area contributed by atoms with Gasteiger partial charge in [-0.25, -0.2) is 4.39 Å². The monoisotopic (exact) mass is 355 g/mol. The molecule has 1 unspecified atom stereocenters. The SMILES string of the molecule is CNCC1CCN(C(=O)C2CC(=O)Nc3cc(F)ccc32)CC1.Cl. The summed E-state index contributed by atoms with van der Waals surface area (Å²) in [4.78, 5) is 26.6. The predicted molar refractivity (Wildman–Crippen MR) is 92.9 cm³/mol. The Morgan fingerprint density at radius 3 is 2.75 bits per heavy atom. The highest BCUT2D eigenvalue weighted by atomic mass is 35.5. The lowest BCUT2D eigenvalue weighted by Crippen LogP contribution is -2.44. The van der Waals surface area contributed by atoms with E-state index in [0.29, 0.717) is 17.2 Å². The van der Waals surface area contributed by atoms with Gasteiger partial charge in [0.25, 0.3) is 0 Å². The first kappa shape index (κ1) is 18.7. The minimum absolute atomic E-state index is 0. The molecular formula is C17H23ClFN3O2. The van der Waals surface area contributed by atoms with Crippen LogP contribution in [0.1, 0.15) is 30.7 Å². The van der Waals surface area contributed by atoms with Gasteiger partial charge in [0.15, 0.2) is 0 Å². The van der Waals surface area contributed by atoms with Crippen molar-refractivity contribution in [3.8, 4) is 0 Å². The summed E-state index contributed by atoms with van der Waals surface area (Å²) in [7, 11) is 1.94. The van der Waals surface area contributed by atoms with E-state index < -0.39 is 11.7 Å². The number of piperidine rings is 1. The quantitative estimate of drug-likeness (QED) is 0.873. The van der Waals surface area contributed by atoms with Crippen molar-refractivity contribution < 1.29 is 14.0 Å². The van der Waals surface area contributed by atoms with E-state index in [1.165, 1.54) is 12.1 Å². The van der Waals surface area contributed by atoms with Crippen LogP contribution in [0.5, 0.6) is 0 Å². The average Bonchev–Trinajstić information content (AvgIpc) is 2.54. The number of hydrogen-bond donors (Lipinski definition) is 2. The van der Waals surface area contributed by atoms with E-state index in [4.69, 9.17) is 0 Å². The van der Waals surface area contributed by atoms with Crippen molar-refractivity contribution in [1.29, 1.82) is 0 Å². The second kappa shape index (κ2) is 7.94. The maximum absolute atomic E-state index is 13.4. The molecule has 3 rings (SSSR count). The number of nitrogens with zero attached hydrogens (tertiary/aromatic N) is 1. The van der Waals surface area contributed by atoms with Crippen LogP contribution in [0.3, 0.4) is 0 Å². The highest BCUT2D eigenvalue weighted by Crippen LogP contribution is 2.34. The largest absolute Gasteiger partial charge is 0.342 e. The number of rotatable bonds is 3. The van der Waals surface area contributed by atoms with Crippen LogP contribution in [0.2, 0.25) is 0 Å². The summed E-state index contributed by atoms with van der Waals surface area (Å²) in [6, 6.07) is 4.24. The van der Waals surface area contributed by atoms with Crippen molar-refractivity contribution in [3.05, 3.63) is 29.6 Å². The summed E-state index contributed by atoms with van der Waals surface area (Å²) < 4.78 is 13.4. The van der Waals surface area contributed by atoms with Gasteiger partial charge in [0.05, 0.1) is 5.92 Å². The first-order valence-electron chi connectivity index (χ1n) is 8.11. The molecule has 0 saturated carbocycles. The number of amides is 2. The van der Waals surface area contributed by atoms with Crippen LogP contribution in [0.4, 0.5) is 10.1 Å². The van der Waals surface area contributed by atoms with Gasteiger partial charge in [-0.1, -0.05) is 6.07 Å². The molecule has 0 aliphatic carbocycles. The molecule has 24 heavy (non-hydrogen) atoms. The Kier molecular flexibility index (Phi) is 6.18. The molecule has 0 bridgehead atoms. The molecule has 2 heterocycles. The zero-order valence-corrected chi connectivity index (χ0v) is 14.5. The zero-order chi connectivity index (χ0) is 16.4. The Morgan fingerprint density at radius 1 is 1.38 bits per heavy atom. The van der Waals surface area contributed by atoms with E-state index in [2.05, 4.69) is 10.6 Å². The molecule has 2 N–H and O–H groups in total. The number of benzene rings is 1. The van der Waals surface area contributed by atoms with Gasteiger partial charge in [0, 0.05) is 25.2 Å². The first-order valence-corrected chi connectivity index (χ1v) is 8.11. The maximum atomic E-state index is 13.4. The fourth-order valence-electron chi connectivity index (χ4n) is 3.52. The minimum atomic E-state index is -0.500. The Morgan fingerprint density at radius 2 is 2.08 bits per heavy atom. The number of carbonyl (C=O) groups excluding carboxylic acids is 2. The molecular weight excluding hydrogens is 333 g/mol. The smallest absolute Gasteiger partial charge is 0.230 e. The van der Waals surface area contributed by atoms with Gasteiger partial charge in [-0.05, 0) is 50.0 Å². The summed E-state index contributed by atoms with van der Waals surface area (Å²) in [6.45, 7) is 2.41. The lowest BCUT2D eigenvalue weighted by atomic mass is 9.88. The third kappa shape index (κ3) is 3.87. The summed E-state index contributed by atoms with van der Waals surface area (Å²) in [5, 5.41) is 5.83. The summed E-state index contributed by atoms with van der Waals surface area (Å²) in [6.07, 6.45) is 2.08. The molecule has 1 atom stereocenters. The zero-order valence-electron chi connectivity index (χ0n) is 13.7. The second-order valence-corrected chi connectivity index (χ2v) is 6.36. The third-order valence-electron chi connectivity index (χ3n) is 4.77. The summed E-state index contributed by atoms with van der Waals surface area (Å²) >= 11 is 0. The molecule has 5 nitrogen and oxygen atoms in total. The van der Waals surface area contributed by atoms with Crippen LogP contribution in [-0.4, -0.2) is 43.4 Å². The van der Waals surface area contributed by atoms with Crippen molar-refractivity contribution in [3.63, 3.8) is 0 Å². The molecule has 7 heteroatoms. The van der Waals surface area contributed by atoms with Crippen LogP contribution in [-0.2, 0) is 9.59 Å². The van der Waals surface area contributed by atoms with Gasteiger partial charge in [-0.15, -0.1) is 12.4 Å². The van der Waals surface area contributed by atoms with Gasteiger partial charge in [0.1, 0.15) is 5.82 Å². The number of nitrogens with one attached hydrogen (secondary N) is 2. The molecule has 0 aromatic heterocycles. The topological polar surface area (TPSA) is 61.4 Å². The standard InChI is InChI=1S/C17H22FN3O2.ClH/c1-19-10-11-4-6-21(7-5-11)17(23)14-9-16(22)20-15-8-12(18)2-3-13(14)15;/h2-3,8,11,14,19H,4-7,9-10H2,1H3,(H,20,22);1H. The van der Waals surface area contributed by atoms with E-state index in [1.54, 1.807) is 6.07 Å².